The van der Waals surface area contributed by atoms with Gasteiger partial charge in [-0.05, 0) is 24.5 Å². The van der Waals surface area contributed by atoms with Crippen molar-refractivity contribution in [3.05, 3.63) is 23.8 Å². The van der Waals surface area contributed by atoms with Gasteiger partial charge in [0.15, 0.2) is 8.38 Å². The zero-order valence-electron chi connectivity index (χ0n) is 12.1. The summed E-state index contributed by atoms with van der Waals surface area (Å²) in [6.45, 7) is 5.90. The summed E-state index contributed by atoms with van der Waals surface area (Å²) in [4.78, 5) is 0. The van der Waals surface area contributed by atoms with Crippen LogP contribution in [-0.2, 0) is 15.5 Å². The van der Waals surface area contributed by atoms with Crippen molar-refractivity contribution in [2.75, 3.05) is 19.4 Å². The number of phenolic OH excluding ortho intramolecular Hbond substituents is 2. The maximum Gasteiger partial charge on any atom is 0.170 e. The van der Waals surface area contributed by atoms with Gasteiger partial charge < -0.3 is 19.3 Å². The molecule has 4 nitrogen and oxygen atoms in total. The summed E-state index contributed by atoms with van der Waals surface area (Å²) in [6, 6.07) is 4.69. The molecular weight excluding hydrogens is 275 g/mol. The first-order valence-corrected chi connectivity index (χ1v) is 8.43. The Bertz CT molecular complexity index is 441. The number of hydrogen-bond acceptors (Lipinski definition) is 4. The number of phenols is 2. The van der Waals surface area contributed by atoms with Gasteiger partial charge in [-0.25, -0.2) is 0 Å². The average Bonchev–Trinajstić information content (AvgIpc) is 2.40. The van der Waals surface area contributed by atoms with E-state index in [1.165, 1.54) is 6.07 Å². The summed E-state index contributed by atoms with van der Waals surface area (Å²) >= 11 is 0. The summed E-state index contributed by atoms with van der Waals surface area (Å²) in [5.74, 6) is 0.213. The van der Waals surface area contributed by atoms with Crippen molar-refractivity contribution >= 4 is 8.38 Å². The Kier molecular flexibility index (Phi) is 5.25. The number of aromatic hydroxyl groups is 2. The molecule has 20 heavy (non-hydrogen) atoms. The largest absolute Gasteiger partial charge is 0.508 e. The molecule has 0 aromatic heterocycles. The van der Waals surface area contributed by atoms with E-state index in [1.807, 2.05) is 0 Å². The molecule has 1 heterocycles. The lowest BCUT2D eigenvalue weighted by molar-refractivity contribution is 0.0412. The van der Waals surface area contributed by atoms with Gasteiger partial charge in [0.1, 0.15) is 11.5 Å². The van der Waals surface area contributed by atoms with Crippen LogP contribution in [0.3, 0.4) is 0 Å². The lowest BCUT2D eigenvalue weighted by Gasteiger charge is -2.36. The molecule has 1 aliphatic rings. The molecular formula is C15H23O4P. The fourth-order valence-electron chi connectivity index (χ4n) is 2.39. The van der Waals surface area contributed by atoms with E-state index >= 15 is 0 Å². The molecule has 5 heteroatoms. The molecule has 0 unspecified atom stereocenters. The lowest BCUT2D eigenvalue weighted by Crippen LogP contribution is -2.31. The van der Waals surface area contributed by atoms with Crippen LogP contribution in [-0.4, -0.2) is 29.6 Å². The van der Waals surface area contributed by atoms with E-state index in [-0.39, 0.29) is 16.9 Å². The van der Waals surface area contributed by atoms with Crippen LogP contribution >= 0.6 is 8.38 Å². The standard InChI is InChI=1S/C15H23O4P/c1-3-7-15(2)10-18-20(19-11-15)8-6-12-4-5-13(16)9-14(12)17/h4-5,9,16-17H,3,6-8,10-11H2,1-2H3. The molecule has 0 radical (unpaired) electrons. The maximum atomic E-state index is 9.74. The maximum absolute atomic E-state index is 9.74. The Balaban J connectivity index is 1.81. The molecule has 1 saturated heterocycles. The van der Waals surface area contributed by atoms with Crippen molar-refractivity contribution in [3.63, 3.8) is 0 Å². The van der Waals surface area contributed by atoms with Crippen molar-refractivity contribution in [3.8, 4) is 11.5 Å². The topological polar surface area (TPSA) is 58.9 Å². The fraction of sp³-hybridized carbons (Fsp3) is 0.600. The SMILES string of the molecule is CCCC1(C)COP(CCc2ccc(O)cc2O)OC1. The second kappa shape index (κ2) is 6.75. The molecule has 0 amide bonds. The zero-order chi connectivity index (χ0) is 14.6. The molecule has 1 aromatic carbocycles. The molecule has 1 fully saturated rings. The Morgan fingerprint density at radius 1 is 1.25 bits per heavy atom. The molecule has 2 N–H and O–H groups in total. The van der Waals surface area contributed by atoms with Crippen molar-refractivity contribution < 1.29 is 19.3 Å². The van der Waals surface area contributed by atoms with E-state index < -0.39 is 8.38 Å². The Morgan fingerprint density at radius 2 is 1.95 bits per heavy atom. The second-order valence-corrected chi connectivity index (χ2v) is 7.36. The number of benzene rings is 1. The molecule has 112 valence electrons. The van der Waals surface area contributed by atoms with E-state index in [9.17, 15) is 10.2 Å². The molecule has 0 aliphatic carbocycles. The van der Waals surface area contributed by atoms with Crippen molar-refractivity contribution in [2.24, 2.45) is 5.41 Å². The van der Waals surface area contributed by atoms with Crippen LogP contribution in [0.15, 0.2) is 18.2 Å². The monoisotopic (exact) mass is 298 g/mol. The van der Waals surface area contributed by atoms with Crippen LogP contribution in [0.5, 0.6) is 11.5 Å². The van der Waals surface area contributed by atoms with Crippen molar-refractivity contribution in [1.29, 1.82) is 0 Å². The molecule has 1 aromatic rings. The first-order valence-electron chi connectivity index (χ1n) is 7.07. The van der Waals surface area contributed by atoms with Crippen molar-refractivity contribution in [2.45, 2.75) is 33.1 Å². The third kappa shape index (κ3) is 4.08. The number of aryl methyl sites for hydroxylation is 1. The zero-order valence-corrected chi connectivity index (χ0v) is 13.0. The summed E-state index contributed by atoms with van der Waals surface area (Å²) in [5.41, 5.74) is 0.966. The predicted molar refractivity (Wildman–Crippen MR) is 80.2 cm³/mol. The van der Waals surface area contributed by atoms with Gasteiger partial charge in [0.25, 0.3) is 0 Å². The number of rotatable bonds is 5. The van der Waals surface area contributed by atoms with Crippen LogP contribution in [0.1, 0.15) is 32.3 Å². The fourth-order valence-corrected chi connectivity index (χ4v) is 4.05. The van der Waals surface area contributed by atoms with E-state index in [2.05, 4.69) is 13.8 Å². The van der Waals surface area contributed by atoms with Gasteiger partial charge in [-0.2, -0.15) is 0 Å². The summed E-state index contributed by atoms with van der Waals surface area (Å²) < 4.78 is 11.7. The van der Waals surface area contributed by atoms with Gasteiger partial charge in [0.2, 0.25) is 0 Å². The van der Waals surface area contributed by atoms with Crippen LogP contribution in [0.4, 0.5) is 0 Å². The molecule has 0 spiro atoms. The highest BCUT2D eigenvalue weighted by Crippen LogP contribution is 2.47. The Hall–Kier alpha value is -0.830. The van der Waals surface area contributed by atoms with E-state index in [0.29, 0.717) is 6.42 Å². The van der Waals surface area contributed by atoms with Crippen LogP contribution in [0, 0.1) is 5.41 Å². The third-order valence-corrected chi connectivity index (χ3v) is 5.02. The molecule has 0 bridgehead atoms. The first-order chi connectivity index (χ1) is 9.52. The minimum Gasteiger partial charge on any atom is -0.508 e. The van der Waals surface area contributed by atoms with Gasteiger partial charge in [-0.1, -0.05) is 26.3 Å². The molecule has 0 saturated carbocycles. The molecule has 2 rings (SSSR count). The van der Waals surface area contributed by atoms with Gasteiger partial charge in [0.05, 0.1) is 13.2 Å². The van der Waals surface area contributed by atoms with Crippen LogP contribution < -0.4 is 0 Å². The summed E-state index contributed by atoms with van der Waals surface area (Å²) in [5, 5.41) is 19.0. The normalized spacial score (nSPS) is 26.6. The van der Waals surface area contributed by atoms with E-state index in [4.69, 9.17) is 9.05 Å². The molecule has 0 atom stereocenters. The highest BCUT2D eigenvalue weighted by atomic mass is 31.2. The highest BCUT2D eigenvalue weighted by molar-refractivity contribution is 7.47. The smallest absolute Gasteiger partial charge is 0.170 e. The minimum absolute atomic E-state index is 0.0810. The van der Waals surface area contributed by atoms with Gasteiger partial charge >= 0.3 is 0 Å². The van der Waals surface area contributed by atoms with Gasteiger partial charge in [-0.3, -0.25) is 0 Å². The Morgan fingerprint density at radius 3 is 2.55 bits per heavy atom. The molecule has 1 aliphatic heterocycles. The minimum atomic E-state index is -0.858. The van der Waals surface area contributed by atoms with Crippen LogP contribution in [0.25, 0.3) is 0 Å². The van der Waals surface area contributed by atoms with E-state index in [0.717, 1.165) is 37.8 Å². The summed E-state index contributed by atoms with van der Waals surface area (Å²) in [6.07, 6.45) is 3.73. The quantitative estimate of drug-likeness (QED) is 0.812. The van der Waals surface area contributed by atoms with E-state index in [1.54, 1.807) is 12.1 Å². The van der Waals surface area contributed by atoms with Gasteiger partial charge in [-0.15, -0.1) is 0 Å². The van der Waals surface area contributed by atoms with Crippen molar-refractivity contribution in [1.82, 2.24) is 0 Å². The third-order valence-electron chi connectivity index (χ3n) is 3.60. The number of hydrogen-bond donors (Lipinski definition) is 2. The predicted octanol–water partition coefficient (Wildman–Crippen LogP) is 3.81. The van der Waals surface area contributed by atoms with Crippen LogP contribution in [0.2, 0.25) is 0 Å². The Labute approximate surface area is 121 Å². The highest BCUT2D eigenvalue weighted by Gasteiger charge is 2.32. The second-order valence-electron chi connectivity index (χ2n) is 5.73. The van der Waals surface area contributed by atoms with Gasteiger partial charge in [0, 0.05) is 17.6 Å². The lowest BCUT2D eigenvalue weighted by atomic mass is 9.88. The first kappa shape index (κ1) is 15.6. The summed E-state index contributed by atoms with van der Waals surface area (Å²) in [7, 11) is -0.858. The average molecular weight is 298 g/mol.